The molecule has 4 heteroatoms. The van der Waals surface area contributed by atoms with Crippen molar-refractivity contribution >= 4 is 6.08 Å². The van der Waals surface area contributed by atoms with Crippen LogP contribution in [0, 0.1) is 17.2 Å². The molecule has 0 spiro atoms. The molecule has 3 nitrogen and oxygen atoms in total. The Balaban J connectivity index is 1.38. The minimum absolute atomic E-state index is 0.100. The van der Waals surface area contributed by atoms with Gasteiger partial charge in [0.25, 0.3) is 0 Å². The van der Waals surface area contributed by atoms with Crippen LogP contribution in [-0.4, -0.2) is 14.9 Å². The zero-order valence-corrected chi connectivity index (χ0v) is 18.0. The number of aliphatic hydroxyl groups excluding tert-OH is 1. The molecule has 1 aromatic heterocycles. The third-order valence-corrected chi connectivity index (χ3v) is 7.45. The van der Waals surface area contributed by atoms with Gasteiger partial charge in [0.1, 0.15) is 5.82 Å². The highest BCUT2D eigenvalue weighted by Crippen LogP contribution is 2.52. The molecular weight excluding hydrogens is 387 g/mol. The predicted octanol–water partition coefficient (Wildman–Crippen LogP) is 5.88. The van der Waals surface area contributed by atoms with E-state index in [1.807, 2.05) is 23.0 Å². The van der Waals surface area contributed by atoms with E-state index in [-0.39, 0.29) is 17.8 Å². The summed E-state index contributed by atoms with van der Waals surface area (Å²) in [5, 5.41) is 13.9. The zero-order valence-electron chi connectivity index (χ0n) is 18.0. The van der Waals surface area contributed by atoms with Crippen molar-refractivity contribution in [2.45, 2.75) is 52.1 Å². The van der Waals surface area contributed by atoms with E-state index in [1.165, 1.54) is 48.1 Å². The molecule has 5 rings (SSSR count). The fraction of sp³-hybridized carbons (Fsp3) is 0.370. The molecule has 1 fully saturated rings. The SMILES string of the molecule is C[C@]12Cc3cnn(-c4ccc(F)cc4)c3C=C1CCC[C@@H]2CCc1ccc(CO)cc1. The summed E-state index contributed by atoms with van der Waals surface area (Å²) in [5.41, 5.74) is 7.37. The van der Waals surface area contributed by atoms with E-state index in [4.69, 9.17) is 0 Å². The molecule has 0 aliphatic heterocycles. The first-order chi connectivity index (χ1) is 15.1. The van der Waals surface area contributed by atoms with Crippen LogP contribution in [0.1, 0.15) is 55.0 Å². The highest BCUT2D eigenvalue weighted by atomic mass is 19.1. The Kier molecular flexibility index (Phi) is 5.27. The first-order valence-corrected chi connectivity index (χ1v) is 11.3. The lowest BCUT2D eigenvalue weighted by atomic mass is 9.58. The number of hydrogen-bond acceptors (Lipinski definition) is 2. The van der Waals surface area contributed by atoms with Crippen molar-refractivity contribution < 1.29 is 9.50 Å². The average Bonchev–Trinajstić information content (AvgIpc) is 3.19. The predicted molar refractivity (Wildman–Crippen MR) is 121 cm³/mol. The van der Waals surface area contributed by atoms with Crippen LogP contribution in [0.4, 0.5) is 4.39 Å². The molecule has 2 aliphatic carbocycles. The van der Waals surface area contributed by atoms with Gasteiger partial charge < -0.3 is 5.11 Å². The van der Waals surface area contributed by atoms with Crippen LogP contribution in [0.3, 0.4) is 0 Å². The van der Waals surface area contributed by atoms with Crippen LogP contribution in [-0.2, 0) is 19.4 Å². The Labute approximate surface area is 183 Å². The second kappa shape index (κ2) is 8.08. The molecule has 0 saturated heterocycles. The Morgan fingerprint density at radius 2 is 1.84 bits per heavy atom. The van der Waals surface area contributed by atoms with Gasteiger partial charge in [0, 0.05) is 0 Å². The standard InChI is InChI=1S/C27H29FN2O/c1-27-16-21-17-29-30(25-13-11-24(28)12-14-25)26(21)15-23(27)4-2-3-22(27)10-9-19-5-7-20(18-31)8-6-19/h5-8,11-15,17,22,31H,2-4,9-10,16,18H2,1H3/t22-,27-/m1/s1. The second-order valence-corrected chi connectivity index (χ2v) is 9.31. The van der Waals surface area contributed by atoms with Crippen molar-refractivity contribution in [3.8, 4) is 5.69 Å². The van der Waals surface area contributed by atoms with Crippen molar-refractivity contribution in [2.75, 3.05) is 0 Å². The van der Waals surface area contributed by atoms with E-state index < -0.39 is 0 Å². The number of rotatable bonds is 5. The second-order valence-electron chi connectivity index (χ2n) is 9.31. The molecule has 31 heavy (non-hydrogen) atoms. The molecule has 1 N–H and O–H groups in total. The largest absolute Gasteiger partial charge is 0.392 e. The number of nitrogens with zero attached hydrogens (tertiary/aromatic N) is 2. The molecule has 160 valence electrons. The van der Waals surface area contributed by atoms with E-state index in [2.05, 4.69) is 30.2 Å². The van der Waals surface area contributed by atoms with Gasteiger partial charge in [-0.3, -0.25) is 0 Å². The van der Waals surface area contributed by atoms with Gasteiger partial charge in [0.2, 0.25) is 0 Å². The lowest BCUT2D eigenvalue weighted by Crippen LogP contribution is -2.37. The fourth-order valence-corrected chi connectivity index (χ4v) is 5.55. The minimum Gasteiger partial charge on any atom is -0.392 e. The van der Waals surface area contributed by atoms with Crippen molar-refractivity contribution in [3.05, 3.63) is 88.5 Å². The van der Waals surface area contributed by atoms with E-state index in [9.17, 15) is 9.50 Å². The number of fused-ring (bicyclic) bond motifs is 2. The van der Waals surface area contributed by atoms with E-state index in [1.54, 1.807) is 12.1 Å². The highest BCUT2D eigenvalue weighted by Gasteiger charge is 2.42. The summed E-state index contributed by atoms with van der Waals surface area (Å²) in [6, 6.07) is 14.9. The molecule has 2 atom stereocenters. The van der Waals surface area contributed by atoms with Crippen molar-refractivity contribution in [3.63, 3.8) is 0 Å². The van der Waals surface area contributed by atoms with Crippen molar-refractivity contribution in [1.29, 1.82) is 0 Å². The van der Waals surface area contributed by atoms with E-state index >= 15 is 0 Å². The summed E-state index contributed by atoms with van der Waals surface area (Å²) in [6.45, 7) is 2.54. The molecule has 1 heterocycles. The number of aromatic nitrogens is 2. The summed E-state index contributed by atoms with van der Waals surface area (Å²) in [7, 11) is 0. The minimum atomic E-state index is -0.225. The normalized spacial score (nSPS) is 22.5. The Bertz CT molecular complexity index is 1100. The topological polar surface area (TPSA) is 38.0 Å². The summed E-state index contributed by atoms with van der Waals surface area (Å²) in [6.07, 6.45) is 11.3. The zero-order chi connectivity index (χ0) is 21.4. The molecule has 2 aliphatic rings. The number of halogens is 1. The van der Waals surface area contributed by atoms with Gasteiger partial charge in [-0.25, -0.2) is 9.07 Å². The first-order valence-electron chi connectivity index (χ1n) is 11.3. The van der Waals surface area contributed by atoms with Gasteiger partial charge >= 0.3 is 0 Å². The van der Waals surface area contributed by atoms with Gasteiger partial charge in [0.05, 0.1) is 24.2 Å². The maximum Gasteiger partial charge on any atom is 0.123 e. The van der Waals surface area contributed by atoms with Crippen LogP contribution >= 0.6 is 0 Å². The van der Waals surface area contributed by atoms with Gasteiger partial charge in [-0.05, 0) is 96.9 Å². The summed E-state index contributed by atoms with van der Waals surface area (Å²) in [4.78, 5) is 0. The fourth-order valence-electron chi connectivity index (χ4n) is 5.55. The summed E-state index contributed by atoms with van der Waals surface area (Å²) >= 11 is 0. The van der Waals surface area contributed by atoms with Crippen LogP contribution < -0.4 is 0 Å². The maximum atomic E-state index is 13.4. The molecule has 0 radical (unpaired) electrons. The Morgan fingerprint density at radius 1 is 1.10 bits per heavy atom. The van der Waals surface area contributed by atoms with E-state index in [0.29, 0.717) is 5.92 Å². The highest BCUT2D eigenvalue weighted by molar-refractivity contribution is 5.61. The van der Waals surface area contributed by atoms with Gasteiger partial charge in [-0.1, -0.05) is 36.8 Å². The number of hydrogen-bond donors (Lipinski definition) is 1. The number of aryl methyl sites for hydroxylation is 1. The summed E-state index contributed by atoms with van der Waals surface area (Å²) in [5.74, 6) is 0.421. The maximum absolute atomic E-state index is 13.4. The molecule has 0 unspecified atom stereocenters. The molecule has 0 bridgehead atoms. The Morgan fingerprint density at radius 3 is 2.58 bits per heavy atom. The van der Waals surface area contributed by atoms with Gasteiger partial charge in [0.15, 0.2) is 0 Å². The molecule has 0 amide bonds. The van der Waals surface area contributed by atoms with Gasteiger partial charge in [-0.15, -0.1) is 0 Å². The average molecular weight is 417 g/mol. The lowest BCUT2D eigenvalue weighted by Gasteiger charge is -2.46. The smallest absolute Gasteiger partial charge is 0.123 e. The quantitative estimate of drug-likeness (QED) is 0.564. The van der Waals surface area contributed by atoms with Crippen LogP contribution in [0.25, 0.3) is 11.8 Å². The van der Waals surface area contributed by atoms with Crippen LogP contribution in [0.15, 0.2) is 60.3 Å². The molecule has 3 aromatic rings. The number of benzene rings is 2. The third kappa shape index (κ3) is 3.74. The van der Waals surface area contributed by atoms with E-state index in [0.717, 1.165) is 36.2 Å². The number of aliphatic hydroxyl groups is 1. The monoisotopic (exact) mass is 416 g/mol. The summed E-state index contributed by atoms with van der Waals surface area (Å²) < 4.78 is 15.3. The van der Waals surface area contributed by atoms with Gasteiger partial charge in [-0.2, -0.15) is 5.10 Å². The lowest BCUT2D eigenvalue weighted by molar-refractivity contribution is 0.170. The Hall–Kier alpha value is -2.72. The first kappa shape index (κ1) is 20.2. The van der Waals surface area contributed by atoms with Crippen molar-refractivity contribution in [1.82, 2.24) is 9.78 Å². The third-order valence-electron chi connectivity index (χ3n) is 7.45. The van der Waals surface area contributed by atoms with Crippen LogP contribution in [0.5, 0.6) is 0 Å². The van der Waals surface area contributed by atoms with Crippen LogP contribution in [0.2, 0.25) is 0 Å². The number of allylic oxidation sites excluding steroid dienone is 1. The molecule has 1 saturated carbocycles. The molecule has 2 aromatic carbocycles. The molecular formula is C27H29FN2O. The van der Waals surface area contributed by atoms with Crippen molar-refractivity contribution in [2.24, 2.45) is 11.3 Å².